The van der Waals surface area contributed by atoms with Gasteiger partial charge in [0.1, 0.15) is 5.82 Å². The fourth-order valence-electron chi connectivity index (χ4n) is 2.67. The Kier molecular flexibility index (Phi) is 3.70. The fraction of sp³-hybridized carbons (Fsp3) is 0.600. The quantitative estimate of drug-likeness (QED) is 0.802. The van der Waals surface area contributed by atoms with Crippen LogP contribution in [0.1, 0.15) is 38.7 Å². The first-order valence-corrected chi connectivity index (χ1v) is 6.59. The Balaban J connectivity index is 2.08. The second-order valence-corrected chi connectivity index (χ2v) is 5.63. The number of rotatable bonds is 2. The third kappa shape index (κ3) is 2.99. The molecule has 0 amide bonds. The minimum Gasteiger partial charge on any atom is -0.380 e. The van der Waals surface area contributed by atoms with E-state index in [4.69, 9.17) is 0 Å². The first-order chi connectivity index (χ1) is 8.06. The highest BCUT2D eigenvalue weighted by atomic mass is 19.1. The highest BCUT2D eigenvalue weighted by molar-refractivity contribution is 5.47. The minimum absolute atomic E-state index is 0.129. The molecule has 2 heteroatoms. The van der Waals surface area contributed by atoms with Crippen molar-refractivity contribution in [2.45, 2.75) is 46.1 Å². The van der Waals surface area contributed by atoms with Crippen LogP contribution in [0.25, 0.3) is 0 Å². The second-order valence-electron chi connectivity index (χ2n) is 5.63. The molecule has 1 aromatic rings. The standard InChI is InChI=1S/C15H22FN/c1-10-5-7-14(13(16)8-10)17-15-9-11(2)4-6-12(15)3/h5,7-8,11-12,15,17H,4,6,9H2,1-3H3. The molecule has 1 aliphatic carbocycles. The molecule has 1 aliphatic rings. The first-order valence-electron chi connectivity index (χ1n) is 6.59. The van der Waals surface area contributed by atoms with Crippen LogP contribution in [-0.4, -0.2) is 6.04 Å². The zero-order valence-corrected chi connectivity index (χ0v) is 11.0. The highest BCUT2D eigenvalue weighted by Gasteiger charge is 2.25. The van der Waals surface area contributed by atoms with Crippen LogP contribution < -0.4 is 5.32 Å². The summed E-state index contributed by atoms with van der Waals surface area (Å²) in [5, 5.41) is 3.38. The van der Waals surface area contributed by atoms with Gasteiger partial charge in [0, 0.05) is 6.04 Å². The number of anilines is 1. The Morgan fingerprint density at radius 2 is 2.00 bits per heavy atom. The van der Waals surface area contributed by atoms with Crippen molar-refractivity contribution in [3.05, 3.63) is 29.6 Å². The van der Waals surface area contributed by atoms with Crippen LogP contribution >= 0.6 is 0 Å². The monoisotopic (exact) mass is 235 g/mol. The molecule has 0 spiro atoms. The van der Waals surface area contributed by atoms with Crippen molar-refractivity contribution in [2.24, 2.45) is 11.8 Å². The summed E-state index contributed by atoms with van der Waals surface area (Å²) >= 11 is 0. The zero-order valence-electron chi connectivity index (χ0n) is 11.0. The molecule has 17 heavy (non-hydrogen) atoms. The van der Waals surface area contributed by atoms with Crippen LogP contribution in [0.4, 0.5) is 10.1 Å². The number of hydrogen-bond acceptors (Lipinski definition) is 1. The molecular weight excluding hydrogens is 213 g/mol. The molecule has 0 saturated heterocycles. The first kappa shape index (κ1) is 12.4. The largest absolute Gasteiger partial charge is 0.380 e. The van der Waals surface area contributed by atoms with Gasteiger partial charge in [-0.2, -0.15) is 0 Å². The van der Waals surface area contributed by atoms with E-state index in [1.807, 2.05) is 19.1 Å². The lowest BCUT2D eigenvalue weighted by atomic mass is 9.80. The fourth-order valence-corrected chi connectivity index (χ4v) is 2.67. The van der Waals surface area contributed by atoms with Gasteiger partial charge in [-0.15, -0.1) is 0 Å². The normalized spacial score (nSPS) is 29.1. The van der Waals surface area contributed by atoms with Crippen molar-refractivity contribution < 1.29 is 4.39 Å². The average Bonchev–Trinajstić information content (AvgIpc) is 2.27. The summed E-state index contributed by atoms with van der Waals surface area (Å²) in [7, 11) is 0. The summed E-state index contributed by atoms with van der Waals surface area (Å²) in [4.78, 5) is 0. The van der Waals surface area contributed by atoms with Crippen molar-refractivity contribution in [2.75, 3.05) is 5.32 Å². The van der Waals surface area contributed by atoms with E-state index in [2.05, 4.69) is 19.2 Å². The molecule has 1 N–H and O–H groups in total. The van der Waals surface area contributed by atoms with Crippen LogP contribution in [0.5, 0.6) is 0 Å². The lowest BCUT2D eigenvalue weighted by Gasteiger charge is -2.34. The molecule has 3 unspecified atom stereocenters. The number of halogens is 1. The summed E-state index contributed by atoms with van der Waals surface area (Å²) in [6, 6.07) is 5.83. The smallest absolute Gasteiger partial charge is 0.146 e. The summed E-state index contributed by atoms with van der Waals surface area (Å²) in [6.07, 6.45) is 3.69. The predicted molar refractivity (Wildman–Crippen MR) is 70.7 cm³/mol. The van der Waals surface area contributed by atoms with E-state index in [1.165, 1.54) is 12.8 Å². The summed E-state index contributed by atoms with van der Waals surface area (Å²) in [5.74, 6) is 1.25. The molecule has 94 valence electrons. The van der Waals surface area contributed by atoms with Crippen molar-refractivity contribution in [3.8, 4) is 0 Å². The third-order valence-corrected chi connectivity index (χ3v) is 3.92. The van der Waals surface area contributed by atoms with Gasteiger partial charge in [-0.25, -0.2) is 4.39 Å². The van der Waals surface area contributed by atoms with Gasteiger partial charge in [-0.3, -0.25) is 0 Å². The van der Waals surface area contributed by atoms with Crippen molar-refractivity contribution in [1.82, 2.24) is 0 Å². The van der Waals surface area contributed by atoms with E-state index in [1.54, 1.807) is 6.07 Å². The van der Waals surface area contributed by atoms with Crippen LogP contribution in [-0.2, 0) is 0 Å². The van der Waals surface area contributed by atoms with Gasteiger partial charge in [0.25, 0.3) is 0 Å². The summed E-state index contributed by atoms with van der Waals surface area (Å²) < 4.78 is 13.8. The molecule has 0 aromatic heterocycles. The molecular formula is C15H22FN. The van der Waals surface area contributed by atoms with Gasteiger partial charge < -0.3 is 5.32 Å². The molecule has 0 bridgehead atoms. The highest BCUT2D eigenvalue weighted by Crippen LogP contribution is 2.31. The van der Waals surface area contributed by atoms with Crippen LogP contribution in [0.15, 0.2) is 18.2 Å². The lowest BCUT2D eigenvalue weighted by Crippen LogP contribution is -2.33. The van der Waals surface area contributed by atoms with E-state index in [9.17, 15) is 4.39 Å². The van der Waals surface area contributed by atoms with E-state index in [0.717, 1.165) is 17.9 Å². The maximum absolute atomic E-state index is 13.8. The van der Waals surface area contributed by atoms with E-state index in [0.29, 0.717) is 17.6 Å². The SMILES string of the molecule is Cc1ccc(NC2CC(C)CCC2C)c(F)c1. The van der Waals surface area contributed by atoms with Crippen LogP contribution in [0.2, 0.25) is 0 Å². The topological polar surface area (TPSA) is 12.0 Å². The van der Waals surface area contributed by atoms with Crippen LogP contribution in [0, 0.1) is 24.6 Å². The third-order valence-electron chi connectivity index (χ3n) is 3.92. The van der Waals surface area contributed by atoms with Gasteiger partial charge >= 0.3 is 0 Å². The number of nitrogens with one attached hydrogen (secondary N) is 1. The zero-order chi connectivity index (χ0) is 12.4. The Morgan fingerprint density at radius 1 is 1.24 bits per heavy atom. The molecule has 3 atom stereocenters. The van der Waals surface area contributed by atoms with Crippen LogP contribution in [0.3, 0.4) is 0 Å². The Morgan fingerprint density at radius 3 is 2.71 bits per heavy atom. The average molecular weight is 235 g/mol. The van der Waals surface area contributed by atoms with Crippen molar-refractivity contribution >= 4 is 5.69 Å². The van der Waals surface area contributed by atoms with Crippen molar-refractivity contribution in [1.29, 1.82) is 0 Å². The summed E-state index contributed by atoms with van der Waals surface area (Å²) in [5.41, 5.74) is 1.62. The second kappa shape index (κ2) is 5.07. The van der Waals surface area contributed by atoms with Gasteiger partial charge in [0.2, 0.25) is 0 Å². The summed E-state index contributed by atoms with van der Waals surface area (Å²) in [6.45, 7) is 6.46. The number of benzene rings is 1. The minimum atomic E-state index is -0.129. The molecule has 1 aromatic carbocycles. The molecule has 0 radical (unpaired) electrons. The molecule has 2 rings (SSSR count). The molecule has 1 saturated carbocycles. The van der Waals surface area contributed by atoms with E-state index in [-0.39, 0.29) is 5.82 Å². The predicted octanol–water partition coefficient (Wildman–Crippen LogP) is 4.37. The molecule has 0 aliphatic heterocycles. The van der Waals surface area contributed by atoms with Crippen molar-refractivity contribution in [3.63, 3.8) is 0 Å². The van der Waals surface area contributed by atoms with Gasteiger partial charge in [0.05, 0.1) is 5.69 Å². The molecule has 1 nitrogen and oxygen atoms in total. The van der Waals surface area contributed by atoms with E-state index >= 15 is 0 Å². The maximum atomic E-state index is 13.8. The molecule has 0 heterocycles. The Bertz CT molecular complexity index is 389. The Hall–Kier alpha value is -1.05. The number of hydrogen-bond donors (Lipinski definition) is 1. The van der Waals surface area contributed by atoms with Gasteiger partial charge in [0.15, 0.2) is 0 Å². The van der Waals surface area contributed by atoms with Gasteiger partial charge in [-0.1, -0.05) is 26.3 Å². The Labute approximate surface area is 103 Å². The lowest BCUT2D eigenvalue weighted by molar-refractivity contribution is 0.280. The maximum Gasteiger partial charge on any atom is 0.146 e. The molecule has 1 fully saturated rings. The van der Waals surface area contributed by atoms with E-state index < -0.39 is 0 Å². The number of aryl methyl sites for hydroxylation is 1. The van der Waals surface area contributed by atoms with Gasteiger partial charge in [-0.05, 0) is 49.3 Å².